The van der Waals surface area contributed by atoms with Crippen LogP contribution in [0, 0.1) is 0 Å². The zero-order valence-corrected chi connectivity index (χ0v) is 17.4. The topological polar surface area (TPSA) is 77.5 Å². The van der Waals surface area contributed by atoms with Gasteiger partial charge in [-0.3, -0.25) is 9.59 Å². The van der Waals surface area contributed by atoms with Crippen LogP contribution in [0.15, 0.2) is 0 Å². The predicted molar refractivity (Wildman–Crippen MR) is 100 cm³/mol. The number of nitrogens with zero attached hydrogens (tertiary/aromatic N) is 1. The van der Waals surface area contributed by atoms with Gasteiger partial charge in [0.25, 0.3) is 0 Å². The van der Waals surface area contributed by atoms with E-state index in [0.29, 0.717) is 6.54 Å². The molecule has 0 aromatic carbocycles. The van der Waals surface area contributed by atoms with Crippen molar-refractivity contribution in [3.05, 3.63) is 0 Å². The first-order valence-electron chi connectivity index (χ1n) is 8.36. The smallest absolute Gasteiger partial charge is 0.414 e. The van der Waals surface area contributed by atoms with Gasteiger partial charge in [0.1, 0.15) is 16.9 Å². The average molecular weight is 391 g/mol. The van der Waals surface area contributed by atoms with Gasteiger partial charge < -0.3 is 4.74 Å². The number of imide groups is 1. The van der Waals surface area contributed by atoms with E-state index in [2.05, 4.69) is 0 Å². The molecule has 1 rings (SSSR count). The lowest BCUT2D eigenvalue weighted by molar-refractivity contribution is -0.793. The number of carbonyl (C=O) groups excluding carboxylic acids is 4. The molecule has 25 heavy (non-hydrogen) atoms. The molecule has 0 spiro atoms. The Morgan fingerprint density at radius 3 is 2.16 bits per heavy atom. The highest BCUT2D eigenvalue weighted by Crippen LogP contribution is 2.34. The molecule has 1 aliphatic heterocycles. The van der Waals surface area contributed by atoms with E-state index in [9.17, 15) is 19.2 Å². The molecule has 1 heterocycles. The highest BCUT2D eigenvalue weighted by molar-refractivity contribution is 8.17. The number of quaternary nitrogens is 1. The summed E-state index contributed by atoms with van der Waals surface area (Å²) < 4.78 is 5.14. The van der Waals surface area contributed by atoms with Gasteiger partial charge in [-0.05, 0) is 27.7 Å². The van der Waals surface area contributed by atoms with E-state index < -0.39 is 21.4 Å². The molecule has 2 unspecified atom stereocenters. The summed E-state index contributed by atoms with van der Waals surface area (Å²) in [7, 11) is 0. The summed E-state index contributed by atoms with van der Waals surface area (Å²) in [5.74, 6) is -0.165. The van der Waals surface area contributed by atoms with E-state index in [1.165, 1.54) is 13.8 Å². The minimum absolute atomic E-state index is 0.125. The highest BCUT2D eigenvalue weighted by atomic mass is 32.2. The minimum Gasteiger partial charge on any atom is -0.414 e. The molecule has 2 amide bonds. The summed E-state index contributed by atoms with van der Waals surface area (Å²) >= 11 is 1.89. The quantitative estimate of drug-likeness (QED) is 0.681. The normalized spacial score (nSPS) is 24.6. The van der Waals surface area contributed by atoms with Crippen molar-refractivity contribution < 1.29 is 28.4 Å². The Bertz CT molecular complexity index is 558. The van der Waals surface area contributed by atoms with E-state index in [-0.39, 0.29) is 27.9 Å². The maximum Gasteiger partial charge on any atom is 0.524 e. The lowest BCUT2D eigenvalue weighted by atomic mass is 10.2. The molecule has 0 radical (unpaired) electrons. The Balaban J connectivity index is 3.18. The Morgan fingerprint density at radius 1 is 1.16 bits per heavy atom. The lowest BCUT2D eigenvalue weighted by Crippen LogP contribution is -2.63. The third kappa shape index (κ3) is 5.82. The molecular weight excluding hydrogens is 362 g/mol. The summed E-state index contributed by atoms with van der Waals surface area (Å²) in [6.45, 7) is 10.3. The molecule has 1 aliphatic rings. The van der Waals surface area contributed by atoms with E-state index in [0.717, 1.165) is 36.4 Å². The summed E-state index contributed by atoms with van der Waals surface area (Å²) in [5.41, 5.74) is -0.706. The molecule has 3 atom stereocenters. The van der Waals surface area contributed by atoms with Crippen molar-refractivity contribution in [2.75, 3.05) is 12.3 Å². The molecule has 8 heteroatoms. The fourth-order valence-electron chi connectivity index (χ4n) is 2.91. The van der Waals surface area contributed by atoms with Gasteiger partial charge in [0.15, 0.2) is 10.2 Å². The first kappa shape index (κ1) is 22.2. The highest BCUT2D eigenvalue weighted by Gasteiger charge is 2.57. The molecule has 0 aliphatic carbocycles. The van der Waals surface area contributed by atoms with Crippen LogP contribution < -0.4 is 0 Å². The predicted octanol–water partition coefficient (Wildman–Crippen LogP) is 3.38. The van der Waals surface area contributed by atoms with Crippen LogP contribution in [0.5, 0.6) is 0 Å². The van der Waals surface area contributed by atoms with Gasteiger partial charge in [-0.1, -0.05) is 23.5 Å². The fourth-order valence-corrected chi connectivity index (χ4v) is 4.61. The lowest BCUT2D eigenvalue weighted by Gasteiger charge is -2.35. The van der Waals surface area contributed by atoms with E-state index in [1.807, 2.05) is 6.92 Å². The van der Waals surface area contributed by atoms with Crippen molar-refractivity contribution in [3.63, 3.8) is 0 Å². The van der Waals surface area contributed by atoms with Crippen LogP contribution in [-0.4, -0.2) is 55.9 Å². The van der Waals surface area contributed by atoms with Crippen LogP contribution in [0.4, 0.5) is 4.79 Å². The average Bonchev–Trinajstić information content (AvgIpc) is 2.83. The second kappa shape index (κ2) is 8.68. The number of hydrogen-bond donors (Lipinski definition) is 0. The molecule has 0 aromatic heterocycles. The Hall–Kier alpha value is -0.860. The molecule has 1 saturated heterocycles. The van der Waals surface area contributed by atoms with Crippen LogP contribution in [0.1, 0.15) is 54.4 Å². The second-order valence-corrected chi connectivity index (χ2v) is 9.88. The van der Waals surface area contributed by atoms with Gasteiger partial charge in [0, 0.05) is 32.4 Å². The molecular formula is C17H28NO5S2+. The summed E-state index contributed by atoms with van der Waals surface area (Å²) in [6.07, 6.45) is 0.913. The van der Waals surface area contributed by atoms with Crippen LogP contribution in [0.2, 0.25) is 0 Å². The summed E-state index contributed by atoms with van der Waals surface area (Å²) in [4.78, 5) is 49.2. The van der Waals surface area contributed by atoms with Crippen molar-refractivity contribution in [2.45, 2.75) is 71.3 Å². The Labute approximate surface area is 158 Å². The molecule has 0 aromatic rings. The number of thioether (sulfide) groups is 2. The van der Waals surface area contributed by atoms with Gasteiger partial charge in [-0.15, -0.1) is 0 Å². The molecule has 1 fully saturated rings. The summed E-state index contributed by atoms with van der Waals surface area (Å²) in [5, 5.41) is -1.09. The maximum atomic E-state index is 13.3. The summed E-state index contributed by atoms with van der Waals surface area (Å²) in [6, 6.07) is -0.209. The standard InChI is InChI=1S/C17H28NO5S2/c1-11-8-7-9-18(11,16(22)23-17(4,5)6)15(21)14(25-13(3)20)10-24-12(2)19/h11,14H,7-10H2,1-6H3/q+1/t11-,14?,18?/m1/s1. The van der Waals surface area contributed by atoms with Crippen LogP contribution >= 0.6 is 23.5 Å². The zero-order chi connectivity index (χ0) is 19.4. The Kier molecular flexibility index (Phi) is 7.71. The first-order valence-corrected chi connectivity index (χ1v) is 10.2. The van der Waals surface area contributed by atoms with Gasteiger partial charge in [-0.25, -0.2) is 4.79 Å². The minimum atomic E-state index is -0.750. The van der Waals surface area contributed by atoms with Gasteiger partial charge in [0.2, 0.25) is 0 Å². The van der Waals surface area contributed by atoms with Crippen molar-refractivity contribution in [2.24, 2.45) is 0 Å². The van der Waals surface area contributed by atoms with Crippen LogP contribution in [0.3, 0.4) is 0 Å². The molecule has 0 saturated carbocycles. The zero-order valence-electron chi connectivity index (χ0n) is 15.8. The second-order valence-electron chi connectivity index (χ2n) is 7.30. The molecule has 0 bridgehead atoms. The number of hydrogen-bond acceptors (Lipinski definition) is 7. The van der Waals surface area contributed by atoms with Crippen LogP contribution in [0.25, 0.3) is 0 Å². The number of rotatable bonds is 4. The third-order valence-electron chi connectivity index (χ3n) is 4.02. The first-order chi connectivity index (χ1) is 11.4. The Morgan fingerprint density at radius 2 is 1.76 bits per heavy atom. The van der Waals surface area contributed by atoms with E-state index >= 15 is 0 Å². The number of carbonyl (C=O) groups is 4. The van der Waals surface area contributed by atoms with E-state index in [1.54, 1.807) is 20.8 Å². The van der Waals surface area contributed by atoms with Gasteiger partial charge in [-0.2, -0.15) is 9.28 Å². The van der Waals surface area contributed by atoms with Crippen molar-refractivity contribution in [3.8, 4) is 0 Å². The van der Waals surface area contributed by atoms with Crippen molar-refractivity contribution in [1.29, 1.82) is 0 Å². The van der Waals surface area contributed by atoms with E-state index in [4.69, 9.17) is 4.74 Å². The maximum absolute atomic E-state index is 13.3. The van der Waals surface area contributed by atoms with Gasteiger partial charge >= 0.3 is 12.0 Å². The largest absolute Gasteiger partial charge is 0.524 e. The number of likely N-dealkylation sites (tertiary alicyclic amines) is 1. The molecule has 0 N–H and O–H groups in total. The van der Waals surface area contributed by atoms with Crippen LogP contribution in [-0.2, 0) is 19.1 Å². The SMILES string of the molecule is CC(=O)SCC(SC(C)=O)C(=O)[N+]1(C(=O)OC(C)(C)C)CCC[C@H]1C. The number of amides is 2. The van der Waals surface area contributed by atoms with Crippen molar-refractivity contribution >= 4 is 45.8 Å². The fraction of sp³-hybridized carbons (Fsp3) is 0.765. The van der Waals surface area contributed by atoms with Crippen molar-refractivity contribution in [1.82, 2.24) is 0 Å². The number of ether oxygens (including phenoxy) is 1. The third-order valence-corrected chi connectivity index (χ3v) is 6.12. The molecule has 6 nitrogen and oxygen atoms in total. The molecule has 142 valence electrons. The van der Waals surface area contributed by atoms with Gasteiger partial charge in [0.05, 0.1) is 6.54 Å². The monoisotopic (exact) mass is 390 g/mol.